The fourth-order valence-electron chi connectivity index (χ4n) is 0.979. The van der Waals surface area contributed by atoms with E-state index in [2.05, 4.69) is 10.6 Å². The monoisotopic (exact) mass is 250 g/mol. The number of nitrogens with one attached hydrogen (secondary N) is 2. The summed E-state index contributed by atoms with van der Waals surface area (Å²) in [5, 5.41) is 38.8. The summed E-state index contributed by atoms with van der Waals surface area (Å²) in [4.78, 5) is 31.1. The maximum Gasteiger partial charge on any atom is 0.320 e. The first kappa shape index (κ1) is 15.3. The van der Waals surface area contributed by atoms with Gasteiger partial charge in [0.25, 0.3) is 0 Å². The summed E-state index contributed by atoms with van der Waals surface area (Å²) in [5.74, 6) is -3.71. The molecular weight excluding hydrogens is 236 g/mol. The Balaban J connectivity index is 4.10. The number of aliphatic hydroxyl groups is 1. The van der Waals surface area contributed by atoms with E-state index in [9.17, 15) is 19.5 Å². The van der Waals surface area contributed by atoms with Crippen molar-refractivity contribution < 1.29 is 34.8 Å². The Morgan fingerprint density at radius 1 is 1.06 bits per heavy atom. The molecule has 9 heteroatoms. The Morgan fingerprint density at radius 3 is 2.06 bits per heavy atom. The quantitative estimate of drug-likeness (QED) is 0.251. The minimum absolute atomic E-state index is 0.226. The molecule has 2 atom stereocenters. The highest BCUT2D eigenvalue weighted by atomic mass is 16.4. The number of carboxylic acids is 3. The normalized spacial score (nSPS) is 13.9. The minimum Gasteiger partial charge on any atom is -0.481 e. The van der Waals surface area contributed by atoms with E-state index in [1.165, 1.54) is 0 Å². The highest BCUT2D eigenvalue weighted by Crippen LogP contribution is 1.98. The third-order valence-corrected chi connectivity index (χ3v) is 1.75. The average molecular weight is 250 g/mol. The third kappa shape index (κ3) is 8.13. The standard InChI is InChI=1S/C8H14N2O7/c11-5(12)2-1-4(7(15)16)10-8(17)9-3-6(13)14/h4,8-10,17H,1-3H2,(H,11,12)(H,13,14)(H,15,16)/t4-,8?/m0/s1. The van der Waals surface area contributed by atoms with Crippen LogP contribution >= 0.6 is 0 Å². The molecule has 0 aliphatic carbocycles. The smallest absolute Gasteiger partial charge is 0.320 e. The number of carbonyl (C=O) groups is 3. The molecule has 0 aliphatic heterocycles. The molecule has 6 N–H and O–H groups in total. The highest BCUT2D eigenvalue weighted by Gasteiger charge is 2.21. The number of hydrogen-bond donors (Lipinski definition) is 6. The van der Waals surface area contributed by atoms with Gasteiger partial charge in [0, 0.05) is 6.42 Å². The van der Waals surface area contributed by atoms with E-state index in [4.69, 9.17) is 15.3 Å². The van der Waals surface area contributed by atoms with Gasteiger partial charge in [-0.2, -0.15) is 0 Å². The molecule has 0 bridgehead atoms. The summed E-state index contributed by atoms with van der Waals surface area (Å²) in [6.07, 6.45) is -2.15. The second-order valence-corrected chi connectivity index (χ2v) is 3.17. The van der Waals surface area contributed by atoms with Crippen molar-refractivity contribution in [3.8, 4) is 0 Å². The molecular formula is C8H14N2O7. The minimum atomic E-state index is -1.54. The Morgan fingerprint density at radius 2 is 1.65 bits per heavy atom. The van der Waals surface area contributed by atoms with Crippen LogP contribution in [0.25, 0.3) is 0 Å². The van der Waals surface area contributed by atoms with Crippen LogP contribution in [0.4, 0.5) is 0 Å². The topological polar surface area (TPSA) is 156 Å². The Bertz CT molecular complexity index is 294. The molecule has 0 radical (unpaired) electrons. The molecule has 0 aliphatic rings. The third-order valence-electron chi connectivity index (χ3n) is 1.75. The van der Waals surface area contributed by atoms with Crippen molar-refractivity contribution in [2.24, 2.45) is 0 Å². The van der Waals surface area contributed by atoms with Gasteiger partial charge in [-0.1, -0.05) is 0 Å². The van der Waals surface area contributed by atoms with E-state index in [1.54, 1.807) is 0 Å². The van der Waals surface area contributed by atoms with Crippen LogP contribution in [-0.2, 0) is 14.4 Å². The van der Waals surface area contributed by atoms with Crippen LogP contribution in [-0.4, -0.2) is 57.3 Å². The molecule has 0 heterocycles. The summed E-state index contributed by atoms with van der Waals surface area (Å²) >= 11 is 0. The number of carboxylic acid groups (broad SMARTS) is 3. The first-order valence-electron chi connectivity index (χ1n) is 4.67. The number of rotatable bonds is 9. The van der Waals surface area contributed by atoms with Gasteiger partial charge in [-0.05, 0) is 6.42 Å². The maximum atomic E-state index is 10.7. The molecule has 0 aromatic rings. The summed E-state index contributed by atoms with van der Waals surface area (Å²) in [5.41, 5.74) is 0. The van der Waals surface area contributed by atoms with Gasteiger partial charge in [0.2, 0.25) is 0 Å². The summed E-state index contributed by atoms with van der Waals surface area (Å²) in [6, 6.07) is -1.28. The molecule has 9 nitrogen and oxygen atoms in total. The predicted octanol–water partition coefficient (Wildman–Crippen LogP) is -2.16. The van der Waals surface area contributed by atoms with E-state index in [0.717, 1.165) is 0 Å². The Kier molecular flexibility index (Phi) is 6.79. The number of aliphatic hydroxyl groups excluding tert-OH is 1. The van der Waals surface area contributed by atoms with E-state index in [0.29, 0.717) is 0 Å². The summed E-state index contributed by atoms with van der Waals surface area (Å²) in [6.45, 7) is -0.556. The second kappa shape index (κ2) is 7.54. The first-order valence-corrected chi connectivity index (χ1v) is 4.67. The van der Waals surface area contributed by atoms with Crippen LogP contribution in [0, 0.1) is 0 Å². The van der Waals surface area contributed by atoms with Crippen LogP contribution < -0.4 is 10.6 Å². The predicted molar refractivity (Wildman–Crippen MR) is 53.1 cm³/mol. The zero-order valence-electron chi connectivity index (χ0n) is 8.79. The van der Waals surface area contributed by atoms with E-state index in [1.807, 2.05) is 0 Å². The zero-order valence-corrected chi connectivity index (χ0v) is 8.79. The lowest BCUT2D eigenvalue weighted by Crippen LogP contribution is -2.51. The molecule has 0 spiro atoms. The van der Waals surface area contributed by atoms with Crippen molar-refractivity contribution in [3.05, 3.63) is 0 Å². The molecule has 98 valence electrons. The SMILES string of the molecule is O=C(O)CC[C@H](NC(O)NCC(=O)O)C(=O)O. The fourth-order valence-corrected chi connectivity index (χ4v) is 0.979. The van der Waals surface area contributed by atoms with Gasteiger partial charge in [-0.15, -0.1) is 0 Å². The Labute approximate surface area is 96.1 Å². The molecule has 0 aromatic carbocycles. The lowest BCUT2D eigenvalue weighted by atomic mass is 10.1. The molecule has 0 amide bonds. The average Bonchev–Trinajstić information content (AvgIpc) is 2.20. The van der Waals surface area contributed by atoms with Gasteiger partial charge in [0.1, 0.15) is 6.04 Å². The summed E-state index contributed by atoms with van der Waals surface area (Å²) in [7, 11) is 0. The van der Waals surface area contributed by atoms with Gasteiger partial charge < -0.3 is 20.4 Å². The highest BCUT2D eigenvalue weighted by molar-refractivity contribution is 5.75. The van der Waals surface area contributed by atoms with Crippen molar-refractivity contribution in [1.29, 1.82) is 0 Å². The van der Waals surface area contributed by atoms with Gasteiger partial charge in [0.15, 0.2) is 6.35 Å². The Hall–Kier alpha value is -1.71. The number of hydrogen-bond acceptors (Lipinski definition) is 6. The van der Waals surface area contributed by atoms with Crippen LogP contribution in [0.1, 0.15) is 12.8 Å². The lowest BCUT2D eigenvalue weighted by Gasteiger charge is -2.18. The molecule has 1 unspecified atom stereocenters. The van der Waals surface area contributed by atoms with Gasteiger partial charge >= 0.3 is 17.9 Å². The molecule has 0 saturated carbocycles. The second-order valence-electron chi connectivity index (χ2n) is 3.17. The fraction of sp³-hybridized carbons (Fsp3) is 0.625. The molecule has 0 fully saturated rings. The van der Waals surface area contributed by atoms with Crippen LogP contribution in [0.2, 0.25) is 0 Å². The molecule has 0 aromatic heterocycles. The van der Waals surface area contributed by atoms with Crippen molar-refractivity contribution in [2.75, 3.05) is 6.54 Å². The van der Waals surface area contributed by atoms with Crippen molar-refractivity contribution in [1.82, 2.24) is 10.6 Å². The molecule has 17 heavy (non-hydrogen) atoms. The first-order chi connectivity index (χ1) is 7.82. The van der Waals surface area contributed by atoms with Crippen LogP contribution in [0.3, 0.4) is 0 Å². The van der Waals surface area contributed by atoms with E-state index < -0.39 is 36.8 Å². The van der Waals surface area contributed by atoms with Crippen molar-refractivity contribution in [2.45, 2.75) is 25.2 Å². The maximum absolute atomic E-state index is 10.7. The summed E-state index contributed by atoms with van der Waals surface area (Å²) < 4.78 is 0. The zero-order chi connectivity index (χ0) is 13.4. The number of aliphatic carboxylic acids is 3. The van der Waals surface area contributed by atoms with E-state index >= 15 is 0 Å². The van der Waals surface area contributed by atoms with Crippen LogP contribution in [0.15, 0.2) is 0 Å². The van der Waals surface area contributed by atoms with Gasteiger partial charge in [-0.3, -0.25) is 25.0 Å². The lowest BCUT2D eigenvalue weighted by molar-refractivity contribution is -0.142. The van der Waals surface area contributed by atoms with Crippen molar-refractivity contribution >= 4 is 17.9 Å². The van der Waals surface area contributed by atoms with Crippen molar-refractivity contribution in [3.63, 3.8) is 0 Å². The molecule has 0 saturated heterocycles. The largest absolute Gasteiger partial charge is 0.481 e. The molecule has 0 rings (SSSR count). The van der Waals surface area contributed by atoms with Gasteiger partial charge in [-0.25, -0.2) is 0 Å². The van der Waals surface area contributed by atoms with Crippen LogP contribution in [0.5, 0.6) is 0 Å². The van der Waals surface area contributed by atoms with Gasteiger partial charge in [0.05, 0.1) is 6.54 Å². The van der Waals surface area contributed by atoms with E-state index in [-0.39, 0.29) is 12.8 Å².